The van der Waals surface area contributed by atoms with Crippen LogP contribution in [-0.2, 0) is 4.79 Å². The van der Waals surface area contributed by atoms with Crippen molar-refractivity contribution in [3.05, 3.63) is 38.9 Å². The molecule has 0 aliphatic carbocycles. The number of carbonyl (C=O) groups excluding carboxylic acids is 1. The lowest BCUT2D eigenvalue weighted by atomic mass is 10.0. The first-order chi connectivity index (χ1) is 9.85. The highest BCUT2D eigenvalue weighted by Gasteiger charge is 2.19. The Labute approximate surface area is 126 Å². The Bertz CT molecular complexity index is 561. The average Bonchev–Trinajstić information content (AvgIpc) is 2.41. The maximum atomic E-state index is 11.9. The van der Waals surface area contributed by atoms with E-state index >= 15 is 0 Å². The van der Waals surface area contributed by atoms with Crippen LogP contribution in [0.2, 0.25) is 5.02 Å². The molecule has 1 aromatic carbocycles. The number of rotatable bonds is 7. The number of benzene rings is 1. The van der Waals surface area contributed by atoms with Gasteiger partial charge in [-0.3, -0.25) is 19.7 Å². The van der Waals surface area contributed by atoms with Crippen LogP contribution in [0.1, 0.15) is 30.1 Å². The van der Waals surface area contributed by atoms with Crippen molar-refractivity contribution in [2.24, 2.45) is 5.92 Å². The van der Waals surface area contributed by atoms with Gasteiger partial charge in [0, 0.05) is 29.3 Å². The van der Waals surface area contributed by atoms with E-state index in [1.165, 1.54) is 6.07 Å². The van der Waals surface area contributed by atoms with E-state index in [1.807, 2.05) is 6.92 Å². The molecule has 0 bridgehead atoms. The van der Waals surface area contributed by atoms with E-state index in [1.54, 1.807) is 0 Å². The van der Waals surface area contributed by atoms with E-state index in [-0.39, 0.29) is 22.8 Å². The summed E-state index contributed by atoms with van der Waals surface area (Å²) in [7, 11) is 0. The molecule has 1 rings (SSSR count). The van der Waals surface area contributed by atoms with Gasteiger partial charge in [-0.25, -0.2) is 0 Å². The van der Waals surface area contributed by atoms with Crippen LogP contribution < -0.4 is 5.32 Å². The summed E-state index contributed by atoms with van der Waals surface area (Å²) in [6, 6.07) is 3.52. The molecular formula is C13H15ClN2O5. The maximum Gasteiger partial charge on any atom is 0.308 e. The van der Waals surface area contributed by atoms with Gasteiger partial charge in [0.05, 0.1) is 10.8 Å². The molecule has 7 nitrogen and oxygen atoms in total. The van der Waals surface area contributed by atoms with Crippen molar-refractivity contribution < 1.29 is 19.6 Å². The zero-order chi connectivity index (χ0) is 16.0. The number of nitro groups is 1. The Morgan fingerprint density at radius 1 is 1.43 bits per heavy atom. The number of amides is 1. The second kappa shape index (κ2) is 7.58. The summed E-state index contributed by atoms with van der Waals surface area (Å²) < 4.78 is 0. The summed E-state index contributed by atoms with van der Waals surface area (Å²) in [5.41, 5.74) is -0.272. The normalized spacial score (nSPS) is 11.7. The lowest BCUT2D eigenvalue weighted by molar-refractivity contribution is -0.384. The Kier molecular flexibility index (Phi) is 6.10. The van der Waals surface area contributed by atoms with Crippen molar-refractivity contribution in [2.75, 3.05) is 6.54 Å². The van der Waals surface area contributed by atoms with Crippen molar-refractivity contribution in [3.63, 3.8) is 0 Å². The topological polar surface area (TPSA) is 110 Å². The fourth-order valence-electron chi connectivity index (χ4n) is 1.79. The molecule has 0 aliphatic heterocycles. The molecule has 0 saturated heterocycles. The fraction of sp³-hybridized carbons (Fsp3) is 0.385. The number of carbonyl (C=O) groups is 2. The lowest BCUT2D eigenvalue weighted by Crippen LogP contribution is -2.32. The third-order valence-electron chi connectivity index (χ3n) is 2.85. The van der Waals surface area contributed by atoms with E-state index in [2.05, 4.69) is 5.32 Å². The molecule has 1 atom stereocenters. The van der Waals surface area contributed by atoms with E-state index < -0.39 is 22.7 Å². The number of nitrogens with zero attached hydrogens (tertiary/aromatic N) is 1. The molecule has 0 aliphatic rings. The number of carboxylic acids is 1. The zero-order valence-electron chi connectivity index (χ0n) is 11.3. The first kappa shape index (κ1) is 16.9. The highest BCUT2D eigenvalue weighted by Crippen LogP contribution is 2.20. The number of halogens is 1. The van der Waals surface area contributed by atoms with Crippen molar-refractivity contribution in [1.29, 1.82) is 0 Å². The number of nitro benzene ring substituents is 1. The molecule has 0 spiro atoms. The van der Waals surface area contributed by atoms with E-state index in [4.69, 9.17) is 16.7 Å². The largest absolute Gasteiger partial charge is 0.481 e. The number of hydrogen-bond donors (Lipinski definition) is 2. The van der Waals surface area contributed by atoms with Crippen LogP contribution in [0.25, 0.3) is 0 Å². The van der Waals surface area contributed by atoms with E-state index in [0.717, 1.165) is 12.1 Å². The minimum absolute atomic E-state index is 0.0230. The quantitative estimate of drug-likeness (QED) is 0.593. The zero-order valence-corrected chi connectivity index (χ0v) is 12.1. The van der Waals surface area contributed by atoms with Gasteiger partial charge in [-0.15, -0.1) is 0 Å². The van der Waals surface area contributed by atoms with Crippen molar-refractivity contribution in [1.82, 2.24) is 5.32 Å². The molecule has 0 heterocycles. The SMILES string of the molecule is CCCC(CNC(=O)c1cc(Cl)cc([N+](=O)[O-])c1)C(=O)O. The molecular weight excluding hydrogens is 300 g/mol. The van der Waals surface area contributed by atoms with E-state index in [9.17, 15) is 19.7 Å². The smallest absolute Gasteiger partial charge is 0.308 e. The third-order valence-corrected chi connectivity index (χ3v) is 3.07. The van der Waals surface area contributed by atoms with Crippen LogP contribution in [0, 0.1) is 16.0 Å². The Hall–Kier alpha value is -2.15. The summed E-state index contributed by atoms with van der Waals surface area (Å²) in [5.74, 6) is -2.27. The molecule has 8 heteroatoms. The molecule has 2 N–H and O–H groups in total. The summed E-state index contributed by atoms with van der Waals surface area (Å²) in [4.78, 5) is 32.9. The number of nitrogens with one attached hydrogen (secondary N) is 1. The summed E-state index contributed by atoms with van der Waals surface area (Å²) in [6.45, 7) is 1.81. The Morgan fingerprint density at radius 2 is 2.10 bits per heavy atom. The van der Waals surface area contributed by atoms with Gasteiger partial charge >= 0.3 is 5.97 Å². The summed E-state index contributed by atoms with van der Waals surface area (Å²) in [6.07, 6.45) is 1.11. The van der Waals surface area contributed by atoms with Crippen molar-refractivity contribution in [2.45, 2.75) is 19.8 Å². The van der Waals surface area contributed by atoms with Gasteiger partial charge in [0.15, 0.2) is 0 Å². The molecule has 1 aromatic rings. The maximum absolute atomic E-state index is 11.9. The predicted molar refractivity (Wildman–Crippen MR) is 76.5 cm³/mol. The molecule has 1 unspecified atom stereocenters. The van der Waals surface area contributed by atoms with Crippen LogP contribution in [0.4, 0.5) is 5.69 Å². The first-order valence-corrected chi connectivity index (χ1v) is 6.69. The minimum Gasteiger partial charge on any atom is -0.481 e. The summed E-state index contributed by atoms with van der Waals surface area (Å²) >= 11 is 5.72. The molecule has 0 aromatic heterocycles. The van der Waals surface area contributed by atoms with Crippen LogP contribution in [0.3, 0.4) is 0 Å². The standard InChI is InChI=1S/C13H15ClN2O5/c1-2-3-8(13(18)19)7-15-12(17)9-4-10(14)6-11(5-9)16(20)21/h4-6,8H,2-3,7H2,1H3,(H,15,17)(H,18,19). The van der Waals surface area contributed by atoms with Crippen molar-refractivity contribution >= 4 is 29.2 Å². The second-order valence-electron chi connectivity index (χ2n) is 4.49. The molecule has 0 radical (unpaired) electrons. The van der Waals surface area contributed by atoms with E-state index in [0.29, 0.717) is 12.8 Å². The second-order valence-corrected chi connectivity index (χ2v) is 4.93. The van der Waals surface area contributed by atoms with Gasteiger partial charge in [-0.05, 0) is 12.5 Å². The number of carboxylic acid groups (broad SMARTS) is 1. The predicted octanol–water partition coefficient (Wildman–Crippen LogP) is 2.48. The van der Waals surface area contributed by atoms with Gasteiger partial charge < -0.3 is 10.4 Å². The van der Waals surface area contributed by atoms with Crippen LogP contribution >= 0.6 is 11.6 Å². The van der Waals surface area contributed by atoms with Gasteiger partial charge in [-0.2, -0.15) is 0 Å². The van der Waals surface area contributed by atoms with Crippen LogP contribution in [-0.4, -0.2) is 28.5 Å². The number of non-ortho nitro benzene ring substituents is 1. The molecule has 21 heavy (non-hydrogen) atoms. The molecule has 0 fully saturated rings. The van der Waals surface area contributed by atoms with Crippen LogP contribution in [0.15, 0.2) is 18.2 Å². The molecule has 1 amide bonds. The van der Waals surface area contributed by atoms with Gasteiger partial charge in [0.1, 0.15) is 0 Å². The van der Waals surface area contributed by atoms with Crippen molar-refractivity contribution in [3.8, 4) is 0 Å². The highest BCUT2D eigenvalue weighted by molar-refractivity contribution is 6.31. The van der Waals surface area contributed by atoms with Gasteiger partial charge in [0.25, 0.3) is 11.6 Å². The Morgan fingerprint density at radius 3 is 2.62 bits per heavy atom. The van der Waals surface area contributed by atoms with Gasteiger partial charge in [0.2, 0.25) is 0 Å². The minimum atomic E-state index is -0.991. The van der Waals surface area contributed by atoms with Crippen LogP contribution in [0.5, 0.6) is 0 Å². The molecule has 114 valence electrons. The number of aliphatic carboxylic acids is 1. The lowest BCUT2D eigenvalue weighted by Gasteiger charge is -2.12. The Balaban J connectivity index is 2.80. The summed E-state index contributed by atoms with van der Waals surface area (Å²) in [5, 5.41) is 22.2. The average molecular weight is 315 g/mol. The monoisotopic (exact) mass is 314 g/mol. The fourth-order valence-corrected chi connectivity index (χ4v) is 2.02. The first-order valence-electron chi connectivity index (χ1n) is 6.31. The highest BCUT2D eigenvalue weighted by atomic mass is 35.5. The van der Waals surface area contributed by atoms with Gasteiger partial charge in [-0.1, -0.05) is 24.9 Å². The third kappa shape index (κ3) is 5.03. The molecule has 0 saturated carbocycles. The number of hydrogen-bond acceptors (Lipinski definition) is 4.